The number of hydrogen-bond donors (Lipinski definition) is 2. The summed E-state index contributed by atoms with van der Waals surface area (Å²) < 4.78 is 32.0. The minimum absolute atomic E-state index is 0.0827. The summed E-state index contributed by atoms with van der Waals surface area (Å²) in [6.45, 7) is 3.54. The molecule has 0 bridgehead atoms. The monoisotopic (exact) mass is 305 g/mol. The number of nitrogen functional groups attached to an aromatic ring is 1. The first-order valence-corrected chi connectivity index (χ1v) is 7.57. The fourth-order valence-electron chi connectivity index (χ4n) is 1.81. The standard InChI is InChI=1S/C14H15N3O3S/c1-9-3-5-13(14(7-9)21(18,19)20)17-16-12-6-4-11(15)8-10(12)2/h3-8H,15H2,1-2H3,(H,18,19,20). The third-order valence-corrected chi connectivity index (χ3v) is 3.76. The number of benzene rings is 2. The van der Waals surface area contributed by atoms with Gasteiger partial charge in [-0.2, -0.15) is 13.5 Å². The summed E-state index contributed by atoms with van der Waals surface area (Å²) in [5.74, 6) is 0. The van der Waals surface area contributed by atoms with E-state index in [2.05, 4.69) is 10.2 Å². The van der Waals surface area contributed by atoms with Crippen LogP contribution in [0.4, 0.5) is 17.1 Å². The first-order valence-electron chi connectivity index (χ1n) is 6.13. The van der Waals surface area contributed by atoms with E-state index in [0.29, 0.717) is 16.9 Å². The van der Waals surface area contributed by atoms with Gasteiger partial charge in [0.25, 0.3) is 10.1 Å². The van der Waals surface area contributed by atoms with Gasteiger partial charge in [-0.3, -0.25) is 4.55 Å². The number of nitrogens with two attached hydrogens (primary N) is 1. The minimum Gasteiger partial charge on any atom is -0.399 e. The Labute approximate surface area is 123 Å². The summed E-state index contributed by atoms with van der Waals surface area (Å²) in [5, 5.41) is 7.93. The van der Waals surface area contributed by atoms with Gasteiger partial charge in [0.1, 0.15) is 10.6 Å². The zero-order valence-electron chi connectivity index (χ0n) is 11.6. The molecule has 0 amide bonds. The van der Waals surface area contributed by atoms with Crippen molar-refractivity contribution < 1.29 is 13.0 Å². The highest BCUT2D eigenvalue weighted by atomic mass is 32.2. The van der Waals surface area contributed by atoms with Crippen molar-refractivity contribution in [3.8, 4) is 0 Å². The zero-order chi connectivity index (χ0) is 15.6. The highest BCUT2D eigenvalue weighted by Crippen LogP contribution is 2.28. The van der Waals surface area contributed by atoms with Crippen LogP contribution in [-0.4, -0.2) is 13.0 Å². The molecule has 110 valence electrons. The van der Waals surface area contributed by atoms with Crippen LogP contribution >= 0.6 is 0 Å². The Bertz CT molecular complexity index is 814. The van der Waals surface area contributed by atoms with Gasteiger partial charge in [-0.15, -0.1) is 5.11 Å². The van der Waals surface area contributed by atoms with Crippen molar-refractivity contribution in [2.45, 2.75) is 18.7 Å². The molecule has 0 atom stereocenters. The summed E-state index contributed by atoms with van der Waals surface area (Å²) in [6.07, 6.45) is 0. The van der Waals surface area contributed by atoms with E-state index in [1.807, 2.05) is 6.92 Å². The van der Waals surface area contributed by atoms with Gasteiger partial charge in [0.05, 0.1) is 5.69 Å². The average molecular weight is 305 g/mol. The van der Waals surface area contributed by atoms with Crippen molar-refractivity contribution in [1.82, 2.24) is 0 Å². The molecular formula is C14H15N3O3S. The Hall–Kier alpha value is -2.25. The van der Waals surface area contributed by atoms with Gasteiger partial charge in [-0.05, 0) is 55.3 Å². The Kier molecular flexibility index (Phi) is 4.06. The minimum atomic E-state index is -4.35. The Morgan fingerprint density at radius 2 is 1.62 bits per heavy atom. The summed E-state index contributed by atoms with van der Waals surface area (Å²) in [6, 6.07) is 9.65. The van der Waals surface area contributed by atoms with E-state index in [4.69, 9.17) is 5.73 Å². The fourth-order valence-corrected chi connectivity index (χ4v) is 2.52. The van der Waals surface area contributed by atoms with Crippen LogP contribution < -0.4 is 5.73 Å². The van der Waals surface area contributed by atoms with Crippen molar-refractivity contribution in [1.29, 1.82) is 0 Å². The lowest BCUT2D eigenvalue weighted by Gasteiger charge is -2.04. The molecule has 0 heterocycles. The van der Waals surface area contributed by atoms with Gasteiger partial charge in [-0.1, -0.05) is 6.07 Å². The van der Waals surface area contributed by atoms with E-state index < -0.39 is 10.1 Å². The quantitative estimate of drug-likeness (QED) is 0.514. The van der Waals surface area contributed by atoms with Gasteiger partial charge in [0.2, 0.25) is 0 Å². The molecule has 0 unspecified atom stereocenters. The zero-order valence-corrected chi connectivity index (χ0v) is 12.4. The van der Waals surface area contributed by atoms with Crippen molar-refractivity contribution in [2.24, 2.45) is 10.2 Å². The SMILES string of the molecule is Cc1ccc(N=Nc2ccc(N)cc2C)c(S(=O)(=O)O)c1. The Morgan fingerprint density at radius 1 is 1.00 bits per heavy atom. The summed E-state index contributed by atoms with van der Waals surface area (Å²) in [5.41, 5.74) is 8.44. The molecule has 0 aliphatic heterocycles. The first-order chi connectivity index (χ1) is 9.77. The second-order valence-corrected chi connectivity index (χ2v) is 6.08. The molecule has 21 heavy (non-hydrogen) atoms. The molecule has 2 aromatic rings. The van der Waals surface area contributed by atoms with Crippen molar-refractivity contribution in [2.75, 3.05) is 5.73 Å². The van der Waals surface area contributed by atoms with Crippen LogP contribution in [0, 0.1) is 13.8 Å². The molecule has 0 radical (unpaired) electrons. The van der Waals surface area contributed by atoms with E-state index in [1.54, 1.807) is 31.2 Å². The number of aryl methyl sites for hydroxylation is 2. The fraction of sp³-hybridized carbons (Fsp3) is 0.143. The van der Waals surface area contributed by atoms with E-state index in [9.17, 15) is 13.0 Å². The molecule has 0 fully saturated rings. The number of anilines is 1. The lowest BCUT2D eigenvalue weighted by atomic mass is 10.2. The summed E-state index contributed by atoms with van der Waals surface area (Å²) in [4.78, 5) is -0.264. The van der Waals surface area contributed by atoms with Crippen LogP contribution in [0.25, 0.3) is 0 Å². The molecule has 0 spiro atoms. The van der Waals surface area contributed by atoms with Crippen LogP contribution in [0.3, 0.4) is 0 Å². The maximum atomic E-state index is 11.4. The predicted octanol–water partition coefficient (Wildman–Crippen LogP) is 3.55. The highest BCUT2D eigenvalue weighted by molar-refractivity contribution is 7.86. The predicted molar refractivity (Wildman–Crippen MR) is 80.8 cm³/mol. The van der Waals surface area contributed by atoms with Crippen LogP contribution in [0.5, 0.6) is 0 Å². The van der Waals surface area contributed by atoms with E-state index in [-0.39, 0.29) is 10.6 Å². The van der Waals surface area contributed by atoms with Crippen molar-refractivity contribution in [3.63, 3.8) is 0 Å². The number of nitrogens with zero attached hydrogens (tertiary/aromatic N) is 2. The smallest absolute Gasteiger partial charge is 0.296 e. The lowest BCUT2D eigenvalue weighted by molar-refractivity contribution is 0.483. The number of hydrogen-bond acceptors (Lipinski definition) is 5. The Morgan fingerprint density at radius 3 is 2.24 bits per heavy atom. The molecule has 2 aromatic carbocycles. The molecule has 0 saturated carbocycles. The third kappa shape index (κ3) is 3.65. The van der Waals surface area contributed by atoms with Gasteiger partial charge in [0.15, 0.2) is 0 Å². The number of azo groups is 1. The normalized spacial score (nSPS) is 12.0. The van der Waals surface area contributed by atoms with E-state index >= 15 is 0 Å². The molecule has 3 N–H and O–H groups in total. The van der Waals surface area contributed by atoms with Crippen LogP contribution in [-0.2, 0) is 10.1 Å². The summed E-state index contributed by atoms with van der Waals surface area (Å²) in [7, 11) is -4.35. The van der Waals surface area contributed by atoms with Gasteiger partial charge < -0.3 is 5.73 Å². The second-order valence-electron chi connectivity index (χ2n) is 4.69. The molecule has 0 aliphatic carbocycles. The molecule has 0 aliphatic rings. The highest BCUT2D eigenvalue weighted by Gasteiger charge is 2.15. The molecular weight excluding hydrogens is 290 g/mol. The maximum Gasteiger partial charge on any atom is 0.296 e. The summed E-state index contributed by atoms with van der Waals surface area (Å²) >= 11 is 0. The van der Waals surface area contributed by atoms with Crippen molar-refractivity contribution >= 4 is 27.2 Å². The third-order valence-electron chi connectivity index (χ3n) is 2.88. The first kappa shape index (κ1) is 15.1. The topological polar surface area (TPSA) is 105 Å². The molecule has 0 saturated heterocycles. The largest absolute Gasteiger partial charge is 0.399 e. The van der Waals surface area contributed by atoms with E-state index in [1.165, 1.54) is 12.1 Å². The van der Waals surface area contributed by atoms with Gasteiger partial charge in [-0.25, -0.2) is 0 Å². The van der Waals surface area contributed by atoms with Crippen LogP contribution in [0.15, 0.2) is 51.5 Å². The van der Waals surface area contributed by atoms with Gasteiger partial charge in [0, 0.05) is 5.69 Å². The molecule has 6 nitrogen and oxygen atoms in total. The molecule has 2 rings (SSSR count). The Balaban J connectivity index is 2.46. The molecule has 7 heteroatoms. The van der Waals surface area contributed by atoms with Crippen molar-refractivity contribution in [3.05, 3.63) is 47.5 Å². The van der Waals surface area contributed by atoms with Crippen LogP contribution in [0.2, 0.25) is 0 Å². The lowest BCUT2D eigenvalue weighted by Crippen LogP contribution is -1.98. The second kappa shape index (κ2) is 5.63. The van der Waals surface area contributed by atoms with Gasteiger partial charge >= 0.3 is 0 Å². The number of rotatable bonds is 3. The molecule has 0 aromatic heterocycles. The van der Waals surface area contributed by atoms with E-state index in [0.717, 1.165) is 5.56 Å². The maximum absolute atomic E-state index is 11.4. The average Bonchev–Trinajstić information content (AvgIpc) is 2.38. The van der Waals surface area contributed by atoms with Crippen LogP contribution in [0.1, 0.15) is 11.1 Å².